The molecule has 1 aromatic rings. The molecule has 6 heteroatoms. The highest BCUT2D eigenvalue weighted by atomic mass is 32.2. The molecule has 3 N–H and O–H groups in total. The van der Waals surface area contributed by atoms with Crippen molar-refractivity contribution in [2.75, 3.05) is 26.4 Å². The van der Waals surface area contributed by atoms with Gasteiger partial charge in [0.05, 0.1) is 5.75 Å². The van der Waals surface area contributed by atoms with Crippen LogP contribution in [0.4, 0.5) is 5.69 Å². The molecule has 1 saturated carbocycles. The molecule has 5 nitrogen and oxygen atoms in total. The van der Waals surface area contributed by atoms with Crippen molar-refractivity contribution < 1.29 is 8.42 Å². The minimum absolute atomic E-state index is 0.0262. The molecule has 1 aliphatic carbocycles. The Kier molecular flexibility index (Phi) is 4.91. The number of nitrogens with one attached hydrogen (secondary N) is 1. The van der Waals surface area contributed by atoms with Gasteiger partial charge in [0.15, 0.2) is 0 Å². The van der Waals surface area contributed by atoms with E-state index >= 15 is 0 Å². The number of nitrogens with two attached hydrogens (primary N) is 1. The quantitative estimate of drug-likeness (QED) is 0.782. The van der Waals surface area contributed by atoms with E-state index in [2.05, 4.69) is 9.62 Å². The molecule has 21 heavy (non-hydrogen) atoms. The van der Waals surface area contributed by atoms with E-state index in [0.717, 1.165) is 25.7 Å². The van der Waals surface area contributed by atoms with Crippen molar-refractivity contribution >= 4 is 15.7 Å². The summed E-state index contributed by atoms with van der Waals surface area (Å²) in [4.78, 5) is 2.16. The van der Waals surface area contributed by atoms with Crippen LogP contribution in [0.5, 0.6) is 0 Å². The average Bonchev–Trinajstić information content (AvgIpc) is 2.86. The summed E-state index contributed by atoms with van der Waals surface area (Å²) >= 11 is 0. The minimum atomic E-state index is -3.34. The number of anilines is 1. The van der Waals surface area contributed by atoms with E-state index in [-0.39, 0.29) is 11.3 Å². The largest absolute Gasteiger partial charge is 0.399 e. The Morgan fingerprint density at radius 1 is 1.29 bits per heavy atom. The van der Waals surface area contributed by atoms with Gasteiger partial charge in [0.25, 0.3) is 0 Å². The average molecular weight is 311 g/mol. The zero-order valence-electron chi connectivity index (χ0n) is 12.8. The molecular weight excluding hydrogens is 286 g/mol. The van der Waals surface area contributed by atoms with Gasteiger partial charge in [-0.15, -0.1) is 0 Å². The lowest BCUT2D eigenvalue weighted by Crippen LogP contribution is -2.50. The molecule has 0 spiro atoms. The van der Waals surface area contributed by atoms with Gasteiger partial charge in [-0.25, -0.2) is 13.1 Å². The Labute approximate surface area is 127 Å². The molecule has 0 saturated heterocycles. The third-order valence-electron chi connectivity index (χ3n) is 4.41. The maximum absolute atomic E-state index is 12.3. The number of rotatable bonds is 6. The smallest absolute Gasteiger partial charge is 0.215 e. The fourth-order valence-electron chi connectivity index (χ4n) is 3.01. The standard InChI is InChI=1S/C15H25N3O2S/c1-18(2)15(8-3-4-9-15)12-17-21(19,20)11-13-6-5-7-14(16)10-13/h5-7,10,17H,3-4,8-9,11-12,16H2,1-2H3. The van der Waals surface area contributed by atoms with Crippen LogP contribution in [-0.2, 0) is 15.8 Å². The van der Waals surface area contributed by atoms with Crippen LogP contribution < -0.4 is 10.5 Å². The summed E-state index contributed by atoms with van der Waals surface area (Å²) in [5.74, 6) is -0.0262. The van der Waals surface area contributed by atoms with Crippen molar-refractivity contribution in [3.63, 3.8) is 0 Å². The number of hydrogen-bond donors (Lipinski definition) is 2. The van der Waals surface area contributed by atoms with E-state index in [1.807, 2.05) is 14.1 Å². The summed E-state index contributed by atoms with van der Waals surface area (Å²) in [6.45, 7) is 0.477. The predicted molar refractivity (Wildman–Crippen MR) is 86.4 cm³/mol. The van der Waals surface area contributed by atoms with Gasteiger partial charge in [0.1, 0.15) is 0 Å². The monoisotopic (exact) mass is 311 g/mol. The van der Waals surface area contributed by atoms with E-state index in [4.69, 9.17) is 5.73 Å². The first-order valence-corrected chi connectivity index (χ1v) is 8.97. The fraction of sp³-hybridized carbons (Fsp3) is 0.600. The van der Waals surface area contributed by atoms with E-state index in [1.54, 1.807) is 24.3 Å². The number of sulfonamides is 1. The van der Waals surface area contributed by atoms with Crippen molar-refractivity contribution in [1.29, 1.82) is 0 Å². The molecule has 0 unspecified atom stereocenters. The Morgan fingerprint density at radius 2 is 1.95 bits per heavy atom. The molecule has 0 amide bonds. The Hall–Kier alpha value is -1.11. The third-order valence-corrected chi connectivity index (χ3v) is 5.71. The van der Waals surface area contributed by atoms with Crippen LogP contribution in [0.3, 0.4) is 0 Å². The van der Waals surface area contributed by atoms with Gasteiger partial charge < -0.3 is 10.6 Å². The van der Waals surface area contributed by atoms with Crippen LogP contribution in [0.25, 0.3) is 0 Å². The van der Waals surface area contributed by atoms with E-state index < -0.39 is 10.0 Å². The van der Waals surface area contributed by atoms with E-state index in [1.165, 1.54) is 0 Å². The zero-order valence-corrected chi connectivity index (χ0v) is 13.6. The van der Waals surface area contributed by atoms with Crippen LogP contribution in [0.15, 0.2) is 24.3 Å². The summed E-state index contributed by atoms with van der Waals surface area (Å²) in [6.07, 6.45) is 4.41. The van der Waals surface area contributed by atoms with Gasteiger partial charge in [-0.05, 0) is 44.6 Å². The van der Waals surface area contributed by atoms with E-state index in [0.29, 0.717) is 17.8 Å². The number of hydrogen-bond acceptors (Lipinski definition) is 4. The molecule has 1 aromatic carbocycles. The van der Waals surface area contributed by atoms with Crippen molar-refractivity contribution in [3.8, 4) is 0 Å². The van der Waals surface area contributed by atoms with E-state index in [9.17, 15) is 8.42 Å². The third kappa shape index (κ3) is 4.18. The number of likely N-dealkylation sites (N-methyl/N-ethyl adjacent to an activating group) is 1. The van der Waals surface area contributed by atoms with Gasteiger partial charge in [0.2, 0.25) is 10.0 Å². The van der Waals surface area contributed by atoms with Gasteiger partial charge >= 0.3 is 0 Å². The molecular formula is C15H25N3O2S. The lowest BCUT2D eigenvalue weighted by molar-refractivity contribution is 0.162. The second-order valence-corrected chi connectivity index (χ2v) is 7.96. The van der Waals surface area contributed by atoms with Crippen LogP contribution in [0.1, 0.15) is 31.2 Å². The normalized spacial score (nSPS) is 18.2. The molecule has 0 aliphatic heterocycles. The molecule has 0 radical (unpaired) electrons. The van der Waals surface area contributed by atoms with Crippen LogP contribution in [0, 0.1) is 0 Å². The zero-order chi connectivity index (χ0) is 15.5. The van der Waals surface area contributed by atoms with Crippen molar-refractivity contribution in [1.82, 2.24) is 9.62 Å². The topological polar surface area (TPSA) is 75.4 Å². The first-order chi connectivity index (χ1) is 9.83. The van der Waals surface area contributed by atoms with Gasteiger partial charge in [-0.3, -0.25) is 0 Å². The molecule has 1 fully saturated rings. The summed E-state index contributed by atoms with van der Waals surface area (Å²) in [7, 11) is 0.708. The van der Waals surface area contributed by atoms with Gasteiger partial charge in [0, 0.05) is 17.8 Å². The Morgan fingerprint density at radius 3 is 2.52 bits per heavy atom. The summed E-state index contributed by atoms with van der Waals surface area (Å²) in [5.41, 5.74) is 6.95. The van der Waals surface area contributed by atoms with Gasteiger partial charge in [-0.2, -0.15) is 0 Å². The molecule has 0 aromatic heterocycles. The van der Waals surface area contributed by atoms with Crippen molar-refractivity contribution in [3.05, 3.63) is 29.8 Å². The number of benzene rings is 1. The first kappa shape index (κ1) is 16.3. The lowest BCUT2D eigenvalue weighted by Gasteiger charge is -2.36. The highest BCUT2D eigenvalue weighted by Crippen LogP contribution is 2.33. The maximum Gasteiger partial charge on any atom is 0.215 e. The number of nitrogens with zero attached hydrogens (tertiary/aromatic N) is 1. The highest BCUT2D eigenvalue weighted by Gasteiger charge is 2.36. The SMILES string of the molecule is CN(C)C1(CNS(=O)(=O)Cc2cccc(N)c2)CCCC1. The highest BCUT2D eigenvalue weighted by molar-refractivity contribution is 7.88. The molecule has 118 valence electrons. The first-order valence-electron chi connectivity index (χ1n) is 7.32. The van der Waals surface area contributed by atoms with Crippen LogP contribution >= 0.6 is 0 Å². The van der Waals surface area contributed by atoms with Crippen LogP contribution in [0.2, 0.25) is 0 Å². The molecule has 1 aliphatic rings. The minimum Gasteiger partial charge on any atom is -0.399 e. The molecule has 2 rings (SSSR count). The lowest BCUT2D eigenvalue weighted by atomic mass is 9.97. The predicted octanol–water partition coefficient (Wildman–Crippen LogP) is 1.56. The van der Waals surface area contributed by atoms with Crippen molar-refractivity contribution in [2.45, 2.75) is 37.0 Å². The second-order valence-electron chi connectivity index (χ2n) is 6.15. The number of nitrogen functional groups attached to an aromatic ring is 1. The fourth-order valence-corrected chi connectivity index (χ4v) is 4.22. The maximum atomic E-state index is 12.3. The summed E-state index contributed by atoms with van der Waals surface area (Å²) in [6, 6.07) is 7.02. The Bertz CT molecular complexity index is 578. The van der Waals surface area contributed by atoms with Crippen molar-refractivity contribution in [2.24, 2.45) is 0 Å². The molecule has 0 heterocycles. The van der Waals surface area contributed by atoms with Crippen LogP contribution in [-0.4, -0.2) is 39.5 Å². The Balaban J connectivity index is 2.01. The molecule has 0 atom stereocenters. The molecule has 0 bridgehead atoms. The second kappa shape index (κ2) is 6.34. The summed E-state index contributed by atoms with van der Waals surface area (Å²) < 4.78 is 27.3. The summed E-state index contributed by atoms with van der Waals surface area (Å²) in [5, 5.41) is 0. The van der Waals surface area contributed by atoms with Gasteiger partial charge in [-0.1, -0.05) is 25.0 Å².